The third-order valence-electron chi connectivity index (χ3n) is 3.42. The van der Waals surface area contributed by atoms with E-state index in [0.29, 0.717) is 0 Å². The number of carbonyl (C=O) groups excluding carboxylic acids is 1. The zero-order valence-electron chi connectivity index (χ0n) is 11.2. The van der Waals surface area contributed by atoms with E-state index in [2.05, 4.69) is 30.6 Å². The minimum Gasteiger partial charge on any atom is -0.334 e. The molecule has 100 valence electrons. The van der Waals surface area contributed by atoms with Crippen molar-refractivity contribution in [3.63, 3.8) is 0 Å². The lowest BCUT2D eigenvalue weighted by atomic mass is 10.0. The van der Waals surface area contributed by atoms with Crippen molar-refractivity contribution in [3.8, 4) is 0 Å². The first-order valence-corrected chi connectivity index (χ1v) is 7.62. The van der Waals surface area contributed by atoms with E-state index in [1.54, 1.807) is 11.3 Å². The van der Waals surface area contributed by atoms with Crippen molar-refractivity contribution < 1.29 is 4.79 Å². The SMILES string of the molecule is CC(C)N(Cc1cccs1)C(=O)C1CCCCN1. The van der Waals surface area contributed by atoms with E-state index >= 15 is 0 Å². The number of hydrogen-bond donors (Lipinski definition) is 1. The molecule has 1 atom stereocenters. The van der Waals surface area contributed by atoms with E-state index in [9.17, 15) is 4.79 Å². The van der Waals surface area contributed by atoms with Crippen molar-refractivity contribution in [2.45, 2.75) is 51.7 Å². The molecule has 0 spiro atoms. The Kier molecular flexibility index (Phi) is 4.78. The van der Waals surface area contributed by atoms with Gasteiger partial charge in [-0.2, -0.15) is 0 Å². The Morgan fingerprint density at radius 3 is 2.94 bits per heavy atom. The lowest BCUT2D eigenvalue weighted by Gasteiger charge is -2.32. The van der Waals surface area contributed by atoms with Gasteiger partial charge in [0.15, 0.2) is 0 Å². The van der Waals surface area contributed by atoms with Gasteiger partial charge in [-0.15, -0.1) is 11.3 Å². The second-order valence-corrected chi connectivity index (χ2v) is 6.17. The minimum atomic E-state index is 0.0288. The third kappa shape index (κ3) is 3.33. The van der Waals surface area contributed by atoms with E-state index in [-0.39, 0.29) is 18.0 Å². The smallest absolute Gasteiger partial charge is 0.240 e. The van der Waals surface area contributed by atoms with Crippen LogP contribution in [0.15, 0.2) is 17.5 Å². The van der Waals surface area contributed by atoms with Crippen LogP contribution < -0.4 is 5.32 Å². The molecular formula is C14H22N2OS. The van der Waals surface area contributed by atoms with Gasteiger partial charge < -0.3 is 10.2 Å². The molecule has 4 heteroatoms. The van der Waals surface area contributed by atoms with Crippen LogP contribution >= 0.6 is 11.3 Å². The molecular weight excluding hydrogens is 244 g/mol. The molecule has 0 saturated carbocycles. The van der Waals surface area contributed by atoms with E-state index < -0.39 is 0 Å². The topological polar surface area (TPSA) is 32.3 Å². The summed E-state index contributed by atoms with van der Waals surface area (Å²) in [6.45, 7) is 5.90. The Morgan fingerprint density at radius 1 is 1.56 bits per heavy atom. The highest BCUT2D eigenvalue weighted by Gasteiger charge is 2.27. The van der Waals surface area contributed by atoms with Gasteiger partial charge in [-0.1, -0.05) is 12.5 Å². The van der Waals surface area contributed by atoms with Crippen LogP contribution in [0.2, 0.25) is 0 Å². The minimum absolute atomic E-state index is 0.0288. The fourth-order valence-electron chi connectivity index (χ4n) is 2.35. The summed E-state index contributed by atoms with van der Waals surface area (Å²) in [4.78, 5) is 15.8. The third-order valence-corrected chi connectivity index (χ3v) is 4.28. The molecule has 1 unspecified atom stereocenters. The molecule has 3 nitrogen and oxygen atoms in total. The predicted octanol–water partition coefficient (Wildman–Crippen LogP) is 2.63. The largest absolute Gasteiger partial charge is 0.334 e. The fourth-order valence-corrected chi connectivity index (χ4v) is 3.05. The van der Waals surface area contributed by atoms with Gasteiger partial charge in [0.25, 0.3) is 0 Å². The summed E-state index contributed by atoms with van der Waals surface area (Å²) in [5.74, 6) is 0.262. The van der Waals surface area contributed by atoms with Crippen LogP contribution in [0.1, 0.15) is 38.0 Å². The van der Waals surface area contributed by atoms with E-state index in [1.807, 2.05) is 11.0 Å². The first-order chi connectivity index (χ1) is 8.68. The number of amides is 1. The maximum Gasteiger partial charge on any atom is 0.240 e. The number of piperidine rings is 1. The summed E-state index contributed by atoms with van der Waals surface area (Å²) in [5, 5.41) is 5.41. The molecule has 1 saturated heterocycles. The fraction of sp³-hybridized carbons (Fsp3) is 0.643. The van der Waals surface area contributed by atoms with Crippen molar-refractivity contribution in [3.05, 3.63) is 22.4 Å². The molecule has 1 aliphatic heterocycles. The first kappa shape index (κ1) is 13.6. The van der Waals surface area contributed by atoms with Gasteiger partial charge in [0.1, 0.15) is 0 Å². The molecule has 2 rings (SSSR count). The van der Waals surface area contributed by atoms with Crippen LogP contribution in [0.5, 0.6) is 0 Å². The summed E-state index contributed by atoms with van der Waals surface area (Å²) >= 11 is 1.72. The number of carbonyl (C=O) groups is 1. The average molecular weight is 266 g/mol. The number of hydrogen-bond acceptors (Lipinski definition) is 3. The maximum absolute atomic E-state index is 12.5. The molecule has 0 bridgehead atoms. The summed E-state index contributed by atoms with van der Waals surface area (Å²) in [6, 6.07) is 4.42. The van der Waals surface area contributed by atoms with Gasteiger partial charge in [-0.05, 0) is 44.7 Å². The molecule has 1 N–H and O–H groups in total. The van der Waals surface area contributed by atoms with Crippen LogP contribution in [0, 0.1) is 0 Å². The highest BCUT2D eigenvalue weighted by atomic mass is 32.1. The molecule has 0 radical (unpaired) electrons. The van der Waals surface area contributed by atoms with Gasteiger partial charge >= 0.3 is 0 Å². The number of nitrogens with zero attached hydrogens (tertiary/aromatic N) is 1. The Labute approximate surface area is 113 Å². The van der Waals surface area contributed by atoms with Crippen LogP contribution in [-0.4, -0.2) is 29.4 Å². The van der Waals surface area contributed by atoms with Crippen molar-refractivity contribution in [2.75, 3.05) is 6.54 Å². The molecule has 2 heterocycles. The second kappa shape index (κ2) is 6.34. The zero-order valence-corrected chi connectivity index (χ0v) is 12.0. The quantitative estimate of drug-likeness (QED) is 0.908. The molecule has 1 aromatic heterocycles. The van der Waals surface area contributed by atoms with Gasteiger partial charge in [0, 0.05) is 10.9 Å². The maximum atomic E-state index is 12.5. The van der Waals surface area contributed by atoms with Crippen molar-refractivity contribution in [1.82, 2.24) is 10.2 Å². The van der Waals surface area contributed by atoms with Gasteiger partial charge in [-0.25, -0.2) is 0 Å². The molecule has 1 fully saturated rings. The number of rotatable bonds is 4. The normalized spacial score (nSPS) is 20.1. The predicted molar refractivity (Wildman–Crippen MR) is 75.6 cm³/mol. The van der Waals surface area contributed by atoms with Crippen molar-refractivity contribution >= 4 is 17.2 Å². The second-order valence-electron chi connectivity index (χ2n) is 5.14. The van der Waals surface area contributed by atoms with Gasteiger partial charge in [-0.3, -0.25) is 4.79 Å². The van der Waals surface area contributed by atoms with Crippen molar-refractivity contribution in [1.29, 1.82) is 0 Å². The van der Waals surface area contributed by atoms with Crippen LogP contribution in [-0.2, 0) is 11.3 Å². The molecule has 0 aromatic carbocycles. The Morgan fingerprint density at radius 2 is 2.39 bits per heavy atom. The van der Waals surface area contributed by atoms with Crippen LogP contribution in [0.4, 0.5) is 0 Å². The Balaban J connectivity index is 2.02. The molecule has 0 aliphatic carbocycles. The summed E-state index contributed by atoms with van der Waals surface area (Å²) in [6.07, 6.45) is 3.33. The Bertz CT molecular complexity index is 369. The first-order valence-electron chi connectivity index (χ1n) is 6.74. The zero-order chi connectivity index (χ0) is 13.0. The molecule has 18 heavy (non-hydrogen) atoms. The lowest BCUT2D eigenvalue weighted by molar-refractivity contribution is -0.136. The number of thiophene rings is 1. The van der Waals surface area contributed by atoms with Gasteiger partial charge in [0.2, 0.25) is 5.91 Å². The summed E-state index contributed by atoms with van der Waals surface area (Å²) in [5.41, 5.74) is 0. The highest BCUT2D eigenvalue weighted by molar-refractivity contribution is 7.09. The monoisotopic (exact) mass is 266 g/mol. The average Bonchev–Trinajstić information content (AvgIpc) is 2.89. The highest BCUT2D eigenvalue weighted by Crippen LogP contribution is 2.17. The Hall–Kier alpha value is -0.870. The molecule has 1 aliphatic rings. The standard InChI is InChI=1S/C14H22N2OS/c1-11(2)16(10-12-6-5-9-18-12)14(17)13-7-3-4-8-15-13/h5-6,9,11,13,15H,3-4,7-8,10H2,1-2H3. The lowest BCUT2D eigenvalue weighted by Crippen LogP contribution is -2.50. The number of nitrogens with one attached hydrogen (secondary N) is 1. The summed E-state index contributed by atoms with van der Waals surface area (Å²) in [7, 11) is 0. The van der Waals surface area contributed by atoms with Crippen LogP contribution in [0.3, 0.4) is 0 Å². The van der Waals surface area contributed by atoms with E-state index in [0.717, 1.165) is 25.9 Å². The molecule has 1 amide bonds. The van der Waals surface area contributed by atoms with Crippen molar-refractivity contribution in [2.24, 2.45) is 0 Å². The summed E-state index contributed by atoms with van der Waals surface area (Å²) < 4.78 is 0. The molecule has 1 aromatic rings. The van der Waals surface area contributed by atoms with E-state index in [4.69, 9.17) is 0 Å². The van der Waals surface area contributed by atoms with E-state index in [1.165, 1.54) is 11.3 Å². The van der Waals surface area contributed by atoms with Crippen LogP contribution in [0.25, 0.3) is 0 Å². The van der Waals surface area contributed by atoms with Gasteiger partial charge in [0.05, 0.1) is 12.6 Å².